The Labute approximate surface area is 236 Å². The molecule has 2 unspecified atom stereocenters. The first-order valence-electron chi connectivity index (χ1n) is 16.1. The van der Waals surface area contributed by atoms with Gasteiger partial charge >= 0.3 is 6.11 Å². The van der Waals surface area contributed by atoms with Crippen LogP contribution in [0.3, 0.4) is 0 Å². The minimum absolute atomic E-state index is 0.0250. The fourth-order valence-electron chi connectivity index (χ4n) is 10.5. The van der Waals surface area contributed by atoms with Crippen LogP contribution in [0.1, 0.15) is 117 Å². The third-order valence-corrected chi connectivity index (χ3v) is 12.6. The number of rotatable bonds is 9. The summed E-state index contributed by atoms with van der Waals surface area (Å²) in [6, 6.07) is 4.07. The van der Waals surface area contributed by atoms with Crippen LogP contribution >= 0.6 is 0 Å². The van der Waals surface area contributed by atoms with E-state index in [0.717, 1.165) is 42.4 Å². The van der Waals surface area contributed by atoms with Crippen LogP contribution in [0.2, 0.25) is 0 Å². The van der Waals surface area contributed by atoms with E-state index < -0.39 is 6.11 Å². The Balaban J connectivity index is 1.11. The third-order valence-electron chi connectivity index (χ3n) is 12.6. The molecule has 4 aliphatic carbocycles. The molecule has 4 N–H and O–H groups in total. The maximum Gasteiger partial charge on any atom is 0.385 e. The molecule has 1 aromatic carbocycles. The Morgan fingerprint density at radius 2 is 1.69 bits per heavy atom. The number of halogens is 2. The number of ether oxygens (including phenoxy) is 1. The second-order valence-corrected chi connectivity index (χ2v) is 14.8. The number of benzene rings is 1. The molecule has 4 fully saturated rings. The molecule has 0 spiro atoms. The predicted octanol–water partition coefficient (Wildman–Crippen LogP) is 9.41. The summed E-state index contributed by atoms with van der Waals surface area (Å²) >= 11 is 0. The highest BCUT2D eigenvalue weighted by Crippen LogP contribution is 2.68. The van der Waals surface area contributed by atoms with Crippen LogP contribution in [-0.4, -0.2) is 6.61 Å². The summed E-state index contributed by atoms with van der Waals surface area (Å²) in [7, 11) is 0. The molecule has 4 saturated carbocycles. The topological polar surface area (TPSA) is 61.3 Å². The summed E-state index contributed by atoms with van der Waals surface area (Å²) in [6.07, 6.45) is 14.3. The summed E-state index contributed by atoms with van der Waals surface area (Å²) in [5.74, 6) is 5.40. The normalized spacial score (nSPS) is 37.9. The molecular weight excluding hydrogens is 490 g/mol. The van der Waals surface area contributed by atoms with Crippen molar-refractivity contribution >= 4 is 11.4 Å². The number of nitrogens with two attached hydrogens (primary N) is 2. The van der Waals surface area contributed by atoms with Gasteiger partial charge in [0.2, 0.25) is 0 Å². The van der Waals surface area contributed by atoms with E-state index in [-0.39, 0.29) is 23.8 Å². The molecule has 0 heterocycles. The van der Waals surface area contributed by atoms with Crippen molar-refractivity contribution in [1.29, 1.82) is 0 Å². The van der Waals surface area contributed by atoms with Gasteiger partial charge in [0.1, 0.15) is 0 Å². The van der Waals surface area contributed by atoms with Gasteiger partial charge in [0.05, 0.1) is 12.2 Å². The summed E-state index contributed by atoms with van der Waals surface area (Å²) in [5, 5.41) is 0. The molecule has 220 valence electrons. The quantitative estimate of drug-likeness (QED) is 0.304. The van der Waals surface area contributed by atoms with Crippen LogP contribution in [0.5, 0.6) is 0 Å². The van der Waals surface area contributed by atoms with Crippen LogP contribution < -0.4 is 11.5 Å². The lowest BCUT2D eigenvalue weighted by molar-refractivity contribution is -0.253. The van der Waals surface area contributed by atoms with Crippen LogP contribution in [0, 0.1) is 52.3 Å². The maximum absolute atomic E-state index is 14.7. The van der Waals surface area contributed by atoms with Crippen molar-refractivity contribution in [2.75, 3.05) is 18.1 Å². The molecule has 39 heavy (non-hydrogen) atoms. The van der Waals surface area contributed by atoms with Crippen molar-refractivity contribution in [3.63, 3.8) is 0 Å². The Bertz CT molecular complexity index is 999. The molecule has 9 atom stereocenters. The van der Waals surface area contributed by atoms with Crippen molar-refractivity contribution in [2.24, 2.45) is 52.3 Å². The van der Waals surface area contributed by atoms with Gasteiger partial charge in [-0.05, 0) is 128 Å². The summed E-state index contributed by atoms with van der Waals surface area (Å²) < 4.78 is 34.4. The van der Waals surface area contributed by atoms with Crippen LogP contribution in [0.15, 0.2) is 18.2 Å². The van der Waals surface area contributed by atoms with Crippen LogP contribution in [0.4, 0.5) is 20.2 Å². The Kier molecular flexibility index (Phi) is 8.32. The van der Waals surface area contributed by atoms with Gasteiger partial charge in [-0.3, -0.25) is 0 Å². The van der Waals surface area contributed by atoms with Crippen LogP contribution in [0.25, 0.3) is 0 Å². The third kappa shape index (κ3) is 5.47. The molecule has 5 rings (SSSR count). The average molecular weight is 545 g/mol. The van der Waals surface area contributed by atoms with E-state index in [4.69, 9.17) is 16.2 Å². The molecule has 5 heteroatoms. The average Bonchev–Trinajstić information content (AvgIpc) is 3.24. The van der Waals surface area contributed by atoms with E-state index in [2.05, 4.69) is 20.8 Å². The maximum atomic E-state index is 14.7. The van der Waals surface area contributed by atoms with Crippen molar-refractivity contribution in [3.8, 4) is 0 Å². The van der Waals surface area contributed by atoms with Gasteiger partial charge in [-0.25, -0.2) is 0 Å². The monoisotopic (exact) mass is 544 g/mol. The molecule has 0 saturated heterocycles. The van der Waals surface area contributed by atoms with Gasteiger partial charge in [-0.15, -0.1) is 0 Å². The zero-order valence-corrected chi connectivity index (χ0v) is 25.0. The number of anilines is 2. The number of fused-ring (bicyclic) bond motifs is 5. The van der Waals surface area contributed by atoms with E-state index >= 15 is 0 Å². The molecule has 4 aliphatic rings. The van der Waals surface area contributed by atoms with Gasteiger partial charge in [0.15, 0.2) is 0 Å². The van der Waals surface area contributed by atoms with Gasteiger partial charge in [0.25, 0.3) is 0 Å². The first kappa shape index (κ1) is 29.1. The van der Waals surface area contributed by atoms with Crippen molar-refractivity contribution in [2.45, 2.75) is 117 Å². The molecule has 3 nitrogen and oxygen atoms in total. The van der Waals surface area contributed by atoms with Gasteiger partial charge in [0, 0.05) is 11.4 Å². The first-order valence-corrected chi connectivity index (χ1v) is 16.1. The molecular formula is C34H54F2N2O. The molecule has 0 amide bonds. The minimum atomic E-state index is -3.40. The molecule has 0 aromatic heterocycles. The van der Waals surface area contributed by atoms with Gasteiger partial charge < -0.3 is 16.2 Å². The minimum Gasteiger partial charge on any atom is -0.399 e. The van der Waals surface area contributed by atoms with E-state index in [1.165, 1.54) is 88.8 Å². The highest BCUT2D eigenvalue weighted by Gasteiger charge is 2.60. The largest absolute Gasteiger partial charge is 0.399 e. The lowest BCUT2D eigenvalue weighted by Gasteiger charge is -2.61. The SMILES string of the molecule is CC(CCC[C@@H](C)[C@H]1CC[C@H]2[C@@H]3CCC4CCCC[C@]4(C)[C@H]3CC[C@]12C)COC(F)(F)c1ccc(N)cc1N. The predicted molar refractivity (Wildman–Crippen MR) is 157 cm³/mol. The Hall–Kier alpha value is -1.36. The first-order chi connectivity index (χ1) is 18.5. The summed E-state index contributed by atoms with van der Waals surface area (Å²) in [5.41, 5.74) is 12.6. The van der Waals surface area contributed by atoms with E-state index in [0.29, 0.717) is 22.4 Å². The highest BCUT2D eigenvalue weighted by atomic mass is 19.3. The van der Waals surface area contributed by atoms with E-state index in [1.807, 2.05) is 6.92 Å². The zero-order chi connectivity index (χ0) is 28.0. The van der Waals surface area contributed by atoms with Crippen LogP contribution in [-0.2, 0) is 10.8 Å². The zero-order valence-electron chi connectivity index (χ0n) is 25.0. The van der Waals surface area contributed by atoms with Gasteiger partial charge in [-0.2, -0.15) is 8.78 Å². The highest BCUT2D eigenvalue weighted by molar-refractivity contribution is 5.57. The number of hydrogen-bond acceptors (Lipinski definition) is 3. The van der Waals surface area contributed by atoms with E-state index in [9.17, 15) is 8.78 Å². The summed E-state index contributed by atoms with van der Waals surface area (Å²) in [4.78, 5) is 0. The number of alkyl halides is 2. The standard InChI is InChI=1S/C34H54F2N2O/c1-22(21-39-34(35,36)30-14-12-25(37)20-31(30)38)8-7-9-23(2)27-15-16-28-26-13-11-24-10-5-6-18-32(24,3)29(26)17-19-33(27,28)4/h12,14,20,22-24,26-29H,5-11,13,15-19,21,37-38H2,1-4H3/t22?,23-,24?,26+,27-,28+,29+,32+,33-/m1/s1. The second kappa shape index (κ2) is 11.1. The molecule has 0 aliphatic heterocycles. The summed E-state index contributed by atoms with van der Waals surface area (Å²) in [6.45, 7) is 9.85. The second-order valence-electron chi connectivity index (χ2n) is 14.8. The smallest absolute Gasteiger partial charge is 0.385 e. The number of hydrogen-bond donors (Lipinski definition) is 2. The molecule has 0 radical (unpaired) electrons. The Morgan fingerprint density at radius 3 is 2.46 bits per heavy atom. The van der Waals surface area contributed by atoms with Crippen molar-refractivity contribution in [1.82, 2.24) is 0 Å². The molecule has 1 aromatic rings. The fraction of sp³-hybridized carbons (Fsp3) is 0.824. The lowest BCUT2D eigenvalue weighted by Crippen LogP contribution is -2.53. The molecule has 0 bridgehead atoms. The van der Waals surface area contributed by atoms with Crippen molar-refractivity contribution < 1.29 is 13.5 Å². The van der Waals surface area contributed by atoms with Crippen molar-refractivity contribution in [3.05, 3.63) is 23.8 Å². The fourth-order valence-corrected chi connectivity index (χ4v) is 10.5. The Morgan fingerprint density at radius 1 is 0.923 bits per heavy atom. The van der Waals surface area contributed by atoms with E-state index in [1.54, 1.807) is 0 Å². The van der Waals surface area contributed by atoms with Gasteiger partial charge in [-0.1, -0.05) is 53.4 Å². The number of nitrogen functional groups attached to an aromatic ring is 2. The lowest BCUT2D eigenvalue weighted by atomic mass is 9.44.